The smallest absolute Gasteiger partial charge is 0.239 e. The van der Waals surface area contributed by atoms with Gasteiger partial charge in [-0.15, -0.1) is 0 Å². The fourth-order valence-electron chi connectivity index (χ4n) is 2.63. The third kappa shape index (κ3) is 3.60. The third-order valence-corrected chi connectivity index (χ3v) is 3.77. The Labute approximate surface area is 115 Å². The zero-order valence-electron chi connectivity index (χ0n) is 12.1. The van der Waals surface area contributed by atoms with E-state index in [0.717, 1.165) is 45.4 Å². The van der Waals surface area contributed by atoms with Gasteiger partial charge in [0.25, 0.3) is 0 Å². The Bertz CT molecular complexity index is 407. The van der Waals surface area contributed by atoms with Crippen molar-refractivity contribution < 1.29 is 4.79 Å². The molecule has 0 spiro atoms. The molecule has 2 heterocycles. The van der Waals surface area contributed by atoms with Gasteiger partial charge in [0, 0.05) is 38.1 Å². The minimum Gasteiger partial charge on any atom is -0.350 e. The number of aromatic nitrogens is 1. The first kappa shape index (κ1) is 14.1. The second-order valence-electron chi connectivity index (χ2n) is 5.33. The van der Waals surface area contributed by atoms with E-state index in [0.29, 0.717) is 0 Å². The minimum atomic E-state index is -0.0944. The molecule has 1 aromatic rings. The number of carbonyl (C=O) groups excluding carboxylic acids is 1. The molecule has 19 heavy (non-hydrogen) atoms. The highest BCUT2D eigenvalue weighted by atomic mass is 16.2. The normalized spacial score (nSPS) is 16.8. The van der Waals surface area contributed by atoms with Crippen molar-refractivity contribution in [1.82, 2.24) is 14.8 Å². The maximum atomic E-state index is 12.2. The van der Waals surface area contributed by atoms with E-state index in [2.05, 4.69) is 35.1 Å². The Morgan fingerprint density at radius 2 is 2.16 bits per heavy atom. The molecule has 1 unspecified atom stereocenters. The quantitative estimate of drug-likeness (QED) is 0.852. The first-order valence-corrected chi connectivity index (χ1v) is 7.38. The molecule has 1 aliphatic rings. The van der Waals surface area contributed by atoms with Gasteiger partial charge in [0.2, 0.25) is 5.91 Å². The van der Waals surface area contributed by atoms with Crippen LogP contribution < -0.4 is 5.32 Å². The van der Waals surface area contributed by atoms with Gasteiger partial charge in [-0.1, -0.05) is 6.92 Å². The van der Waals surface area contributed by atoms with Crippen molar-refractivity contribution in [3.05, 3.63) is 24.0 Å². The van der Waals surface area contributed by atoms with Crippen molar-refractivity contribution in [3.63, 3.8) is 0 Å². The van der Waals surface area contributed by atoms with Gasteiger partial charge in [0.1, 0.15) is 0 Å². The zero-order chi connectivity index (χ0) is 13.7. The zero-order valence-corrected chi connectivity index (χ0v) is 12.1. The van der Waals surface area contributed by atoms with Crippen LogP contribution in [0.3, 0.4) is 0 Å². The second kappa shape index (κ2) is 6.75. The average Bonchev–Trinajstić information content (AvgIpc) is 3.07. The summed E-state index contributed by atoms with van der Waals surface area (Å²) in [5.41, 5.74) is 1.25. The van der Waals surface area contributed by atoms with E-state index in [9.17, 15) is 4.79 Å². The van der Waals surface area contributed by atoms with Crippen LogP contribution in [0.2, 0.25) is 0 Å². The van der Waals surface area contributed by atoms with Crippen molar-refractivity contribution in [2.24, 2.45) is 0 Å². The van der Waals surface area contributed by atoms with Gasteiger partial charge in [-0.05, 0) is 38.3 Å². The molecule has 1 fully saturated rings. The first-order valence-electron chi connectivity index (χ1n) is 7.38. The molecular formula is C15H25N3O. The monoisotopic (exact) mass is 263 g/mol. The van der Waals surface area contributed by atoms with Crippen LogP contribution >= 0.6 is 0 Å². The van der Waals surface area contributed by atoms with E-state index in [1.165, 1.54) is 5.69 Å². The van der Waals surface area contributed by atoms with E-state index in [4.69, 9.17) is 0 Å². The van der Waals surface area contributed by atoms with Gasteiger partial charge < -0.3 is 14.8 Å². The summed E-state index contributed by atoms with van der Waals surface area (Å²) in [5, 5.41) is 3.35. The number of nitrogens with one attached hydrogen (secondary N) is 1. The maximum Gasteiger partial charge on any atom is 0.239 e. The van der Waals surface area contributed by atoms with Crippen LogP contribution in [0.5, 0.6) is 0 Å². The summed E-state index contributed by atoms with van der Waals surface area (Å²) in [7, 11) is 0. The Morgan fingerprint density at radius 3 is 2.84 bits per heavy atom. The highest BCUT2D eigenvalue weighted by Crippen LogP contribution is 2.09. The van der Waals surface area contributed by atoms with E-state index >= 15 is 0 Å². The second-order valence-corrected chi connectivity index (χ2v) is 5.33. The molecule has 1 N–H and O–H groups in total. The van der Waals surface area contributed by atoms with Gasteiger partial charge in [-0.2, -0.15) is 0 Å². The Hall–Kier alpha value is -1.29. The van der Waals surface area contributed by atoms with Crippen LogP contribution in [-0.4, -0.2) is 34.5 Å². The number of aryl methyl sites for hydroxylation is 1. The summed E-state index contributed by atoms with van der Waals surface area (Å²) in [4.78, 5) is 14.1. The predicted molar refractivity (Wildman–Crippen MR) is 76.8 cm³/mol. The number of rotatable bonds is 6. The standard InChI is InChI=1S/C15H25N3O/c1-3-8-17-11-6-7-14(17)12-16-13(2)15(19)18-9-4-5-10-18/h6-7,11,13,16H,3-5,8-10,12H2,1-2H3. The highest BCUT2D eigenvalue weighted by Gasteiger charge is 2.22. The van der Waals surface area contributed by atoms with Crippen molar-refractivity contribution in [1.29, 1.82) is 0 Å². The van der Waals surface area contributed by atoms with Gasteiger partial charge >= 0.3 is 0 Å². The number of nitrogens with zero attached hydrogens (tertiary/aromatic N) is 2. The predicted octanol–water partition coefficient (Wildman–Crippen LogP) is 2.00. The van der Waals surface area contributed by atoms with Crippen LogP contribution in [0, 0.1) is 0 Å². The minimum absolute atomic E-state index is 0.0944. The lowest BCUT2D eigenvalue weighted by atomic mass is 10.2. The Balaban J connectivity index is 1.83. The average molecular weight is 263 g/mol. The van der Waals surface area contributed by atoms with Crippen molar-refractivity contribution in [3.8, 4) is 0 Å². The molecule has 1 aromatic heterocycles. The fraction of sp³-hybridized carbons (Fsp3) is 0.667. The summed E-state index contributed by atoms with van der Waals surface area (Å²) < 4.78 is 2.25. The molecule has 106 valence electrons. The van der Waals surface area contributed by atoms with Crippen LogP contribution in [0.1, 0.15) is 38.8 Å². The summed E-state index contributed by atoms with van der Waals surface area (Å²) >= 11 is 0. The van der Waals surface area contributed by atoms with Crippen LogP contribution in [-0.2, 0) is 17.9 Å². The number of amides is 1. The van der Waals surface area contributed by atoms with Crippen molar-refractivity contribution >= 4 is 5.91 Å². The molecule has 2 rings (SSSR count). The van der Waals surface area contributed by atoms with E-state index in [1.54, 1.807) is 0 Å². The third-order valence-electron chi connectivity index (χ3n) is 3.77. The molecular weight excluding hydrogens is 238 g/mol. The lowest BCUT2D eigenvalue weighted by Crippen LogP contribution is -2.43. The van der Waals surface area contributed by atoms with Crippen molar-refractivity contribution in [2.45, 2.75) is 52.2 Å². The summed E-state index contributed by atoms with van der Waals surface area (Å²) in [5.74, 6) is 0.242. The Morgan fingerprint density at radius 1 is 1.42 bits per heavy atom. The molecule has 1 atom stereocenters. The van der Waals surface area contributed by atoms with E-state index in [1.807, 2.05) is 11.8 Å². The molecule has 0 aromatic carbocycles. The largest absolute Gasteiger partial charge is 0.350 e. The number of likely N-dealkylation sites (tertiary alicyclic amines) is 1. The first-order chi connectivity index (χ1) is 9.22. The molecule has 0 saturated carbocycles. The summed E-state index contributed by atoms with van der Waals surface area (Å²) in [6.07, 6.45) is 5.53. The lowest BCUT2D eigenvalue weighted by molar-refractivity contribution is -0.132. The molecule has 0 aliphatic carbocycles. The highest BCUT2D eigenvalue weighted by molar-refractivity contribution is 5.81. The summed E-state index contributed by atoms with van der Waals surface area (Å²) in [6.45, 7) is 7.80. The summed E-state index contributed by atoms with van der Waals surface area (Å²) in [6, 6.07) is 4.10. The molecule has 1 amide bonds. The molecule has 0 bridgehead atoms. The molecule has 1 aliphatic heterocycles. The van der Waals surface area contributed by atoms with Crippen LogP contribution in [0.4, 0.5) is 0 Å². The van der Waals surface area contributed by atoms with Crippen LogP contribution in [0.15, 0.2) is 18.3 Å². The van der Waals surface area contributed by atoms with Gasteiger partial charge in [-0.25, -0.2) is 0 Å². The number of hydrogen-bond donors (Lipinski definition) is 1. The van der Waals surface area contributed by atoms with E-state index < -0.39 is 0 Å². The molecule has 4 heteroatoms. The SMILES string of the molecule is CCCn1cccc1CNC(C)C(=O)N1CCCC1. The van der Waals surface area contributed by atoms with Crippen LogP contribution in [0.25, 0.3) is 0 Å². The fourth-order valence-corrected chi connectivity index (χ4v) is 2.63. The van der Waals surface area contributed by atoms with Crippen molar-refractivity contribution in [2.75, 3.05) is 13.1 Å². The molecule has 1 saturated heterocycles. The molecule has 0 radical (unpaired) electrons. The van der Waals surface area contributed by atoms with Gasteiger partial charge in [-0.3, -0.25) is 4.79 Å². The van der Waals surface area contributed by atoms with Gasteiger partial charge in [0.15, 0.2) is 0 Å². The maximum absolute atomic E-state index is 12.2. The van der Waals surface area contributed by atoms with Gasteiger partial charge in [0.05, 0.1) is 6.04 Å². The van der Waals surface area contributed by atoms with E-state index in [-0.39, 0.29) is 11.9 Å². The Kier molecular flexibility index (Phi) is 5.02. The lowest BCUT2D eigenvalue weighted by Gasteiger charge is -2.21. The molecule has 4 nitrogen and oxygen atoms in total. The number of hydrogen-bond acceptors (Lipinski definition) is 2. The number of carbonyl (C=O) groups is 1. The topological polar surface area (TPSA) is 37.3 Å².